The van der Waals surface area contributed by atoms with Gasteiger partial charge in [-0.1, -0.05) is 30.4 Å². The van der Waals surface area contributed by atoms with Crippen molar-refractivity contribution in [3.63, 3.8) is 0 Å². The van der Waals surface area contributed by atoms with E-state index in [9.17, 15) is 9.18 Å². The number of carbonyl (C=O) groups is 1. The van der Waals surface area contributed by atoms with E-state index in [0.717, 1.165) is 31.2 Å². The van der Waals surface area contributed by atoms with Crippen LogP contribution in [0.1, 0.15) is 48.0 Å². The van der Waals surface area contributed by atoms with E-state index in [2.05, 4.69) is 17.2 Å². The third kappa shape index (κ3) is 5.07. The molecule has 1 aliphatic rings. The lowest BCUT2D eigenvalue weighted by molar-refractivity contribution is 0.0787. The number of hydrogen-bond acceptors (Lipinski definition) is 2. The smallest absolute Gasteiger partial charge is 0.254 e. The van der Waals surface area contributed by atoms with Crippen LogP contribution in [0.3, 0.4) is 0 Å². The highest BCUT2D eigenvalue weighted by molar-refractivity contribution is 5.94. The number of halogens is 1. The van der Waals surface area contributed by atoms with Gasteiger partial charge in [-0.15, -0.1) is 0 Å². The summed E-state index contributed by atoms with van der Waals surface area (Å²) in [6.07, 6.45) is 4.57. The van der Waals surface area contributed by atoms with Gasteiger partial charge in [0.15, 0.2) is 5.67 Å². The average molecular weight is 316 g/mol. The molecule has 0 radical (unpaired) electrons. The molecule has 0 saturated heterocycles. The van der Waals surface area contributed by atoms with E-state index in [1.807, 2.05) is 12.1 Å². The minimum absolute atomic E-state index is 0.0494. The van der Waals surface area contributed by atoms with Crippen LogP contribution in [-0.2, 0) is 6.42 Å². The second-order valence-corrected chi connectivity index (χ2v) is 6.22. The monoisotopic (exact) mass is 316 g/mol. The van der Waals surface area contributed by atoms with Gasteiger partial charge in [0.25, 0.3) is 5.91 Å². The van der Waals surface area contributed by atoms with Crippen molar-refractivity contribution in [3.8, 4) is 11.8 Å². The minimum Gasteiger partial charge on any atom is -0.329 e. The van der Waals surface area contributed by atoms with Crippen LogP contribution in [0.15, 0.2) is 24.3 Å². The molecule has 4 heteroatoms. The Kier molecular flexibility index (Phi) is 6.18. The summed E-state index contributed by atoms with van der Waals surface area (Å²) in [6.45, 7) is 0.490. The van der Waals surface area contributed by atoms with Gasteiger partial charge in [0.05, 0.1) is 6.67 Å². The highest BCUT2D eigenvalue weighted by Crippen LogP contribution is 2.26. The first-order valence-corrected chi connectivity index (χ1v) is 8.22. The predicted octanol–water partition coefficient (Wildman–Crippen LogP) is 3.15. The SMILES string of the molecule is CNCN(C)C(=O)c1ccc(CC2(F)C#CCCCCC2)cc1. The number of benzene rings is 1. The van der Waals surface area contributed by atoms with Crippen molar-refractivity contribution in [3.05, 3.63) is 35.4 Å². The van der Waals surface area contributed by atoms with E-state index in [1.54, 1.807) is 31.1 Å². The quantitative estimate of drug-likeness (QED) is 0.668. The van der Waals surface area contributed by atoms with Gasteiger partial charge in [0, 0.05) is 25.5 Å². The maximum Gasteiger partial charge on any atom is 0.254 e. The van der Waals surface area contributed by atoms with Crippen LogP contribution in [0.25, 0.3) is 0 Å². The maximum atomic E-state index is 14.9. The molecule has 1 unspecified atom stereocenters. The number of alkyl halides is 1. The number of rotatable bonds is 5. The second-order valence-electron chi connectivity index (χ2n) is 6.22. The van der Waals surface area contributed by atoms with Crippen molar-refractivity contribution in [2.45, 2.75) is 44.2 Å². The molecule has 124 valence electrons. The van der Waals surface area contributed by atoms with Crippen LogP contribution in [0.4, 0.5) is 4.39 Å². The number of nitrogens with zero attached hydrogens (tertiary/aromatic N) is 1. The molecule has 0 spiro atoms. The fraction of sp³-hybridized carbons (Fsp3) is 0.526. The lowest BCUT2D eigenvalue weighted by Crippen LogP contribution is -2.34. The van der Waals surface area contributed by atoms with Crippen molar-refractivity contribution in [1.29, 1.82) is 0 Å². The number of amides is 1. The Labute approximate surface area is 138 Å². The Morgan fingerprint density at radius 1 is 1.30 bits per heavy atom. The zero-order valence-electron chi connectivity index (χ0n) is 14.0. The van der Waals surface area contributed by atoms with Crippen molar-refractivity contribution >= 4 is 5.91 Å². The molecule has 23 heavy (non-hydrogen) atoms. The summed E-state index contributed by atoms with van der Waals surface area (Å²) in [6, 6.07) is 7.21. The average Bonchev–Trinajstić information content (AvgIpc) is 2.52. The second kappa shape index (κ2) is 8.12. The summed E-state index contributed by atoms with van der Waals surface area (Å²) < 4.78 is 14.9. The lowest BCUT2D eigenvalue weighted by Gasteiger charge is -2.21. The third-order valence-corrected chi connectivity index (χ3v) is 4.11. The third-order valence-electron chi connectivity index (χ3n) is 4.11. The van der Waals surface area contributed by atoms with Crippen LogP contribution in [0, 0.1) is 11.8 Å². The van der Waals surface area contributed by atoms with Crippen LogP contribution >= 0.6 is 0 Å². The Morgan fingerprint density at radius 2 is 2.04 bits per heavy atom. The molecule has 0 aromatic heterocycles. The van der Waals surface area contributed by atoms with Crippen molar-refractivity contribution in [2.75, 3.05) is 20.8 Å². The minimum atomic E-state index is -1.44. The Bertz CT molecular complexity index is 588. The fourth-order valence-electron chi connectivity index (χ4n) is 2.83. The molecule has 1 aromatic carbocycles. The van der Waals surface area contributed by atoms with Crippen molar-refractivity contribution < 1.29 is 9.18 Å². The van der Waals surface area contributed by atoms with Gasteiger partial charge in [-0.2, -0.15) is 0 Å². The molecule has 1 atom stereocenters. The highest BCUT2D eigenvalue weighted by atomic mass is 19.1. The van der Waals surface area contributed by atoms with Gasteiger partial charge >= 0.3 is 0 Å². The topological polar surface area (TPSA) is 32.3 Å². The summed E-state index contributed by atoms with van der Waals surface area (Å²) in [5.41, 5.74) is 0.0628. The van der Waals surface area contributed by atoms with E-state index in [4.69, 9.17) is 0 Å². The molecule has 1 aromatic rings. The van der Waals surface area contributed by atoms with Crippen LogP contribution < -0.4 is 5.32 Å². The molecular weight excluding hydrogens is 291 g/mol. The molecule has 0 heterocycles. The standard InChI is InChI=1S/C19H25FN2O/c1-21-15-22(2)18(23)17-10-8-16(9-11-17)14-19(20)12-6-4-3-5-7-13-19/h8-11,21H,3-6,12,14-15H2,1-2H3. The van der Waals surface area contributed by atoms with Crippen LogP contribution in [0.5, 0.6) is 0 Å². The summed E-state index contributed by atoms with van der Waals surface area (Å²) in [5.74, 6) is 5.73. The van der Waals surface area contributed by atoms with E-state index in [1.165, 1.54) is 0 Å². The Morgan fingerprint density at radius 3 is 2.74 bits per heavy atom. The molecule has 0 saturated carbocycles. The van der Waals surface area contributed by atoms with E-state index < -0.39 is 5.67 Å². The first kappa shape index (κ1) is 17.5. The van der Waals surface area contributed by atoms with Crippen LogP contribution in [0.2, 0.25) is 0 Å². The van der Waals surface area contributed by atoms with Gasteiger partial charge in [0.1, 0.15) is 0 Å². The number of nitrogens with one attached hydrogen (secondary N) is 1. The van der Waals surface area contributed by atoms with Gasteiger partial charge < -0.3 is 10.2 Å². The predicted molar refractivity (Wildman–Crippen MR) is 90.9 cm³/mol. The summed E-state index contributed by atoms with van der Waals surface area (Å²) >= 11 is 0. The molecule has 0 aliphatic heterocycles. The first-order valence-electron chi connectivity index (χ1n) is 8.22. The molecule has 0 fully saturated rings. The Balaban J connectivity index is 2.05. The van der Waals surface area contributed by atoms with Gasteiger partial charge in [0.2, 0.25) is 0 Å². The van der Waals surface area contributed by atoms with Crippen molar-refractivity contribution in [2.24, 2.45) is 0 Å². The van der Waals surface area contributed by atoms with E-state index in [-0.39, 0.29) is 5.91 Å². The Hall–Kier alpha value is -1.86. The molecule has 3 nitrogen and oxygen atoms in total. The van der Waals surface area contributed by atoms with E-state index in [0.29, 0.717) is 25.1 Å². The molecule has 1 amide bonds. The lowest BCUT2D eigenvalue weighted by atomic mass is 9.89. The molecule has 0 bridgehead atoms. The molecule has 1 N–H and O–H groups in total. The van der Waals surface area contributed by atoms with Gasteiger partial charge in [-0.05, 0) is 44.0 Å². The molecule has 1 aliphatic carbocycles. The van der Waals surface area contributed by atoms with Crippen molar-refractivity contribution in [1.82, 2.24) is 10.2 Å². The summed E-state index contributed by atoms with van der Waals surface area (Å²) in [7, 11) is 3.54. The van der Waals surface area contributed by atoms with Gasteiger partial charge in [-0.3, -0.25) is 4.79 Å². The van der Waals surface area contributed by atoms with Crippen LogP contribution in [-0.4, -0.2) is 37.2 Å². The highest BCUT2D eigenvalue weighted by Gasteiger charge is 2.27. The maximum absolute atomic E-state index is 14.9. The van der Waals surface area contributed by atoms with E-state index >= 15 is 0 Å². The molecule has 2 rings (SSSR count). The zero-order valence-corrected chi connectivity index (χ0v) is 14.0. The number of carbonyl (C=O) groups excluding carboxylic acids is 1. The summed E-state index contributed by atoms with van der Waals surface area (Å²) in [5, 5.41) is 2.94. The largest absolute Gasteiger partial charge is 0.329 e. The first-order chi connectivity index (χ1) is 11.0. The zero-order chi connectivity index (χ0) is 16.7. The molecular formula is C19H25FN2O. The summed E-state index contributed by atoms with van der Waals surface area (Å²) in [4.78, 5) is 13.8. The van der Waals surface area contributed by atoms with Gasteiger partial charge in [-0.25, -0.2) is 4.39 Å². The normalized spacial score (nSPS) is 20.8. The number of hydrogen-bond donors (Lipinski definition) is 1. The fourth-order valence-corrected chi connectivity index (χ4v) is 2.83.